The zero-order valence-corrected chi connectivity index (χ0v) is 20.2. The molecule has 0 aromatic heterocycles. The second kappa shape index (κ2) is 11.3. The molecule has 7 heteroatoms. The Morgan fingerprint density at radius 2 is 1.57 bits per heavy atom. The molecular weight excluding hydrogens is 442 g/mol. The average Bonchev–Trinajstić information content (AvgIpc) is 3.47. The monoisotopic (exact) mass is 475 g/mol. The van der Waals surface area contributed by atoms with Crippen molar-refractivity contribution in [3.8, 4) is 0 Å². The number of fused-ring (bicyclic) bond motifs is 1. The van der Waals surface area contributed by atoms with E-state index in [1.807, 2.05) is 30.3 Å². The van der Waals surface area contributed by atoms with Crippen molar-refractivity contribution in [2.75, 3.05) is 13.1 Å². The lowest BCUT2D eigenvalue weighted by atomic mass is 10.1. The van der Waals surface area contributed by atoms with Gasteiger partial charge in [0.1, 0.15) is 6.04 Å². The highest BCUT2D eigenvalue weighted by molar-refractivity contribution is 6.21. The maximum atomic E-state index is 13.3. The normalized spacial score (nSPS) is 16.3. The van der Waals surface area contributed by atoms with Gasteiger partial charge in [-0.05, 0) is 50.3 Å². The van der Waals surface area contributed by atoms with Gasteiger partial charge >= 0.3 is 0 Å². The van der Waals surface area contributed by atoms with Crippen molar-refractivity contribution in [1.82, 2.24) is 15.1 Å². The van der Waals surface area contributed by atoms with Crippen molar-refractivity contribution < 1.29 is 19.2 Å². The van der Waals surface area contributed by atoms with Gasteiger partial charge < -0.3 is 10.2 Å². The topological polar surface area (TPSA) is 86.8 Å². The molecule has 0 spiro atoms. The highest BCUT2D eigenvalue weighted by Crippen LogP contribution is 2.23. The molecule has 1 unspecified atom stereocenters. The van der Waals surface area contributed by atoms with Crippen LogP contribution in [0.4, 0.5) is 0 Å². The molecule has 35 heavy (non-hydrogen) atoms. The van der Waals surface area contributed by atoms with E-state index < -0.39 is 6.04 Å². The number of rotatable bonds is 10. The highest BCUT2D eigenvalue weighted by atomic mass is 16.2. The van der Waals surface area contributed by atoms with E-state index in [-0.39, 0.29) is 42.6 Å². The van der Waals surface area contributed by atoms with Crippen molar-refractivity contribution >= 4 is 23.6 Å². The van der Waals surface area contributed by atoms with Crippen LogP contribution < -0.4 is 5.32 Å². The molecule has 2 aliphatic rings. The maximum Gasteiger partial charge on any atom is 0.261 e. The second-order valence-corrected chi connectivity index (χ2v) is 9.40. The lowest BCUT2D eigenvalue weighted by molar-refractivity contribution is -0.140. The van der Waals surface area contributed by atoms with Gasteiger partial charge in [0.05, 0.1) is 11.1 Å². The SMILES string of the molecule is CC(C(=O)NC1CCCC1)N(CCc1ccccc1)C(=O)CCCN1C(=O)c2ccccc2C1=O. The summed E-state index contributed by atoms with van der Waals surface area (Å²) in [4.78, 5) is 54.2. The Morgan fingerprint density at radius 1 is 0.971 bits per heavy atom. The third-order valence-electron chi connectivity index (χ3n) is 7.00. The van der Waals surface area contributed by atoms with Crippen LogP contribution in [0.5, 0.6) is 0 Å². The first-order chi connectivity index (χ1) is 17.0. The summed E-state index contributed by atoms with van der Waals surface area (Å²) < 4.78 is 0. The van der Waals surface area contributed by atoms with E-state index in [2.05, 4.69) is 5.32 Å². The van der Waals surface area contributed by atoms with Gasteiger partial charge in [0.25, 0.3) is 11.8 Å². The minimum absolute atomic E-state index is 0.126. The first kappa shape index (κ1) is 24.6. The first-order valence-electron chi connectivity index (χ1n) is 12.5. The molecule has 1 atom stereocenters. The number of nitrogens with zero attached hydrogens (tertiary/aromatic N) is 2. The summed E-state index contributed by atoms with van der Waals surface area (Å²) in [5.74, 6) is -0.906. The van der Waals surface area contributed by atoms with E-state index >= 15 is 0 Å². The number of carbonyl (C=O) groups is 4. The molecule has 0 bridgehead atoms. The predicted octanol–water partition coefficient (Wildman–Crippen LogP) is 3.58. The van der Waals surface area contributed by atoms with Crippen LogP contribution in [0.25, 0.3) is 0 Å². The smallest absolute Gasteiger partial charge is 0.261 e. The summed E-state index contributed by atoms with van der Waals surface area (Å²) in [7, 11) is 0. The molecule has 1 fully saturated rings. The molecule has 2 aromatic rings. The average molecular weight is 476 g/mol. The van der Waals surface area contributed by atoms with Crippen LogP contribution in [0.3, 0.4) is 0 Å². The minimum atomic E-state index is -0.592. The fraction of sp³-hybridized carbons (Fsp3) is 0.429. The zero-order chi connectivity index (χ0) is 24.8. The Balaban J connectivity index is 1.37. The Hall–Kier alpha value is -3.48. The lowest BCUT2D eigenvalue weighted by Crippen LogP contribution is -2.50. The largest absolute Gasteiger partial charge is 0.352 e. The summed E-state index contributed by atoms with van der Waals surface area (Å²) in [6.45, 7) is 2.37. The molecular formula is C28H33N3O4. The predicted molar refractivity (Wildman–Crippen MR) is 133 cm³/mol. The van der Waals surface area contributed by atoms with Gasteiger partial charge in [-0.15, -0.1) is 0 Å². The van der Waals surface area contributed by atoms with Crippen molar-refractivity contribution in [2.45, 2.75) is 64.0 Å². The van der Waals surface area contributed by atoms with E-state index in [9.17, 15) is 19.2 Å². The molecule has 0 radical (unpaired) electrons. The summed E-state index contributed by atoms with van der Waals surface area (Å²) >= 11 is 0. The Bertz CT molecular complexity index is 1040. The molecule has 7 nitrogen and oxygen atoms in total. The van der Waals surface area contributed by atoms with E-state index in [1.54, 1.807) is 36.1 Å². The lowest BCUT2D eigenvalue weighted by Gasteiger charge is -2.30. The number of benzene rings is 2. The molecule has 1 saturated carbocycles. The Kier molecular flexibility index (Phi) is 7.95. The molecule has 1 aliphatic heterocycles. The number of imide groups is 1. The van der Waals surface area contributed by atoms with Crippen LogP contribution in [0.1, 0.15) is 71.7 Å². The molecule has 4 rings (SSSR count). The number of hydrogen-bond donors (Lipinski definition) is 1. The summed E-state index contributed by atoms with van der Waals surface area (Å²) in [6, 6.07) is 16.2. The molecule has 0 saturated heterocycles. The quantitative estimate of drug-likeness (QED) is 0.532. The van der Waals surface area contributed by atoms with Crippen LogP contribution in [-0.2, 0) is 16.0 Å². The summed E-state index contributed by atoms with van der Waals surface area (Å²) in [6.07, 6.45) is 5.35. The third kappa shape index (κ3) is 5.78. The van der Waals surface area contributed by atoms with Crippen LogP contribution in [0, 0.1) is 0 Å². The maximum absolute atomic E-state index is 13.3. The highest BCUT2D eigenvalue weighted by Gasteiger charge is 2.35. The Morgan fingerprint density at radius 3 is 2.20 bits per heavy atom. The molecule has 1 aliphatic carbocycles. The summed E-state index contributed by atoms with van der Waals surface area (Å²) in [5, 5.41) is 3.10. The molecule has 1 N–H and O–H groups in total. The number of hydrogen-bond acceptors (Lipinski definition) is 4. The van der Waals surface area contributed by atoms with Crippen molar-refractivity contribution in [1.29, 1.82) is 0 Å². The van der Waals surface area contributed by atoms with E-state index in [0.717, 1.165) is 31.2 Å². The van der Waals surface area contributed by atoms with Crippen LogP contribution in [-0.4, -0.2) is 58.6 Å². The first-order valence-corrected chi connectivity index (χ1v) is 12.5. The van der Waals surface area contributed by atoms with Gasteiger partial charge in [0.15, 0.2) is 0 Å². The van der Waals surface area contributed by atoms with E-state index in [4.69, 9.17) is 0 Å². The molecule has 2 aromatic carbocycles. The van der Waals surface area contributed by atoms with E-state index in [0.29, 0.717) is 30.5 Å². The zero-order valence-electron chi connectivity index (χ0n) is 20.2. The van der Waals surface area contributed by atoms with Gasteiger partial charge in [-0.1, -0.05) is 55.3 Å². The number of amides is 4. The van der Waals surface area contributed by atoms with Gasteiger partial charge in [-0.2, -0.15) is 0 Å². The second-order valence-electron chi connectivity index (χ2n) is 9.40. The molecule has 1 heterocycles. The summed E-state index contributed by atoms with van der Waals surface area (Å²) in [5.41, 5.74) is 1.91. The standard InChI is InChI=1S/C28H33N3O4/c1-20(26(33)29-22-12-5-6-13-22)30(19-17-21-10-3-2-4-11-21)25(32)16-9-18-31-27(34)23-14-7-8-15-24(23)28(31)35/h2-4,7-8,10-11,14-15,20,22H,5-6,9,12-13,16-19H2,1H3,(H,29,33). The number of carbonyl (C=O) groups excluding carboxylic acids is 4. The van der Waals surface area contributed by atoms with Gasteiger partial charge in [0.2, 0.25) is 11.8 Å². The van der Waals surface area contributed by atoms with E-state index in [1.165, 1.54) is 4.90 Å². The number of nitrogens with one attached hydrogen (secondary N) is 1. The van der Waals surface area contributed by atoms with Crippen molar-refractivity contribution in [3.05, 3.63) is 71.3 Å². The van der Waals surface area contributed by atoms with Crippen LogP contribution >= 0.6 is 0 Å². The Labute approximate surface area is 206 Å². The van der Waals surface area contributed by atoms with Gasteiger partial charge in [0, 0.05) is 25.6 Å². The molecule has 184 valence electrons. The van der Waals surface area contributed by atoms with Gasteiger partial charge in [-0.25, -0.2) is 0 Å². The van der Waals surface area contributed by atoms with Crippen LogP contribution in [0.2, 0.25) is 0 Å². The van der Waals surface area contributed by atoms with Crippen molar-refractivity contribution in [2.24, 2.45) is 0 Å². The molecule has 4 amide bonds. The third-order valence-corrected chi connectivity index (χ3v) is 7.00. The van der Waals surface area contributed by atoms with Gasteiger partial charge in [-0.3, -0.25) is 24.1 Å². The van der Waals surface area contributed by atoms with Crippen molar-refractivity contribution in [3.63, 3.8) is 0 Å². The fourth-order valence-corrected chi connectivity index (χ4v) is 4.94. The minimum Gasteiger partial charge on any atom is -0.352 e. The van der Waals surface area contributed by atoms with Crippen LogP contribution in [0.15, 0.2) is 54.6 Å². The fourth-order valence-electron chi connectivity index (χ4n) is 4.94.